The van der Waals surface area contributed by atoms with Crippen molar-refractivity contribution in [3.05, 3.63) is 35.4 Å². The highest BCUT2D eigenvalue weighted by molar-refractivity contribution is 5.94. The van der Waals surface area contributed by atoms with Crippen molar-refractivity contribution < 1.29 is 9.59 Å². The Kier molecular flexibility index (Phi) is 6.43. The summed E-state index contributed by atoms with van der Waals surface area (Å²) in [7, 11) is 0. The lowest BCUT2D eigenvalue weighted by atomic mass is 10.1. The predicted molar refractivity (Wildman–Crippen MR) is 75.2 cm³/mol. The van der Waals surface area contributed by atoms with E-state index in [2.05, 4.69) is 16.0 Å². The molecule has 1 aromatic rings. The average molecular weight is 263 g/mol. The minimum absolute atomic E-state index is 0.125. The normalized spacial score (nSPS) is 9.79. The second-order valence-corrected chi connectivity index (χ2v) is 4.31. The second kappa shape index (κ2) is 8.13. The van der Waals surface area contributed by atoms with Crippen molar-refractivity contribution in [3.63, 3.8) is 0 Å². The van der Waals surface area contributed by atoms with Gasteiger partial charge in [-0.05, 0) is 25.5 Å². The number of hydrogen-bond donors (Lipinski definition) is 3. The molecule has 0 fully saturated rings. The molecule has 0 aliphatic heterocycles. The molecule has 0 saturated carbocycles. The van der Waals surface area contributed by atoms with Crippen LogP contribution in [-0.2, 0) is 0 Å². The monoisotopic (exact) mass is 263 g/mol. The second-order valence-electron chi connectivity index (χ2n) is 4.31. The van der Waals surface area contributed by atoms with E-state index in [1.165, 1.54) is 0 Å². The highest BCUT2D eigenvalue weighted by Gasteiger charge is 2.04. The average Bonchev–Trinajstić information content (AvgIpc) is 2.41. The molecule has 5 heteroatoms. The molecular formula is C14H21N3O2. The summed E-state index contributed by atoms with van der Waals surface area (Å²) in [5.74, 6) is -0.125. The molecule has 5 nitrogen and oxygen atoms in total. The Hall–Kier alpha value is -2.04. The van der Waals surface area contributed by atoms with Gasteiger partial charge in [0.05, 0.1) is 0 Å². The Morgan fingerprint density at radius 1 is 1.05 bits per heavy atom. The molecule has 3 amide bonds. The number of carbonyl (C=O) groups is 2. The lowest BCUT2D eigenvalue weighted by Gasteiger charge is -2.08. The van der Waals surface area contributed by atoms with Crippen LogP contribution in [0.3, 0.4) is 0 Å². The number of nitrogens with one attached hydrogen (secondary N) is 3. The van der Waals surface area contributed by atoms with Gasteiger partial charge < -0.3 is 16.0 Å². The fourth-order valence-electron chi connectivity index (χ4n) is 1.54. The van der Waals surface area contributed by atoms with Gasteiger partial charge in [-0.15, -0.1) is 0 Å². The van der Waals surface area contributed by atoms with E-state index >= 15 is 0 Å². The lowest BCUT2D eigenvalue weighted by Crippen LogP contribution is -2.40. The Bertz CT molecular complexity index is 432. The summed E-state index contributed by atoms with van der Waals surface area (Å²) >= 11 is 0. The van der Waals surface area contributed by atoms with Crippen LogP contribution in [0.2, 0.25) is 0 Å². The maximum atomic E-state index is 11.8. The topological polar surface area (TPSA) is 70.2 Å². The van der Waals surface area contributed by atoms with Gasteiger partial charge in [-0.1, -0.05) is 24.6 Å². The van der Waals surface area contributed by atoms with Crippen LogP contribution in [0, 0.1) is 6.92 Å². The van der Waals surface area contributed by atoms with Gasteiger partial charge in [0.15, 0.2) is 0 Å². The Morgan fingerprint density at radius 3 is 2.42 bits per heavy atom. The zero-order valence-corrected chi connectivity index (χ0v) is 11.5. The van der Waals surface area contributed by atoms with Crippen molar-refractivity contribution >= 4 is 11.9 Å². The quantitative estimate of drug-likeness (QED) is 0.680. The van der Waals surface area contributed by atoms with E-state index in [0.29, 0.717) is 25.2 Å². The van der Waals surface area contributed by atoms with Gasteiger partial charge in [0.1, 0.15) is 0 Å². The van der Waals surface area contributed by atoms with Gasteiger partial charge in [-0.25, -0.2) is 4.79 Å². The minimum Gasteiger partial charge on any atom is -0.350 e. The number of carbonyl (C=O) groups excluding carboxylic acids is 2. The molecule has 0 saturated heterocycles. The molecule has 0 aromatic heterocycles. The maximum absolute atomic E-state index is 11.8. The number of benzene rings is 1. The van der Waals surface area contributed by atoms with Gasteiger partial charge in [0.25, 0.3) is 5.91 Å². The standard InChI is InChI=1S/C14H21N3O2/c1-3-7-16-14(19)17-9-8-15-13(18)12-6-4-5-11(2)10-12/h4-6,10H,3,7-9H2,1-2H3,(H,15,18)(H2,16,17,19). The minimum atomic E-state index is -0.202. The van der Waals surface area contributed by atoms with Crippen LogP contribution in [0.15, 0.2) is 24.3 Å². The third-order valence-electron chi connectivity index (χ3n) is 2.51. The van der Waals surface area contributed by atoms with Crippen molar-refractivity contribution in [1.82, 2.24) is 16.0 Å². The summed E-state index contributed by atoms with van der Waals surface area (Å²) in [5, 5.41) is 8.12. The summed E-state index contributed by atoms with van der Waals surface area (Å²) in [6.45, 7) is 5.40. The summed E-state index contributed by atoms with van der Waals surface area (Å²) in [6, 6.07) is 7.18. The number of amides is 3. The molecule has 0 unspecified atom stereocenters. The molecule has 0 radical (unpaired) electrons. The van der Waals surface area contributed by atoms with Crippen molar-refractivity contribution in [2.24, 2.45) is 0 Å². The molecule has 19 heavy (non-hydrogen) atoms. The Morgan fingerprint density at radius 2 is 1.74 bits per heavy atom. The zero-order chi connectivity index (χ0) is 14.1. The van der Waals surface area contributed by atoms with E-state index in [0.717, 1.165) is 12.0 Å². The highest BCUT2D eigenvalue weighted by atomic mass is 16.2. The first-order valence-electron chi connectivity index (χ1n) is 6.50. The summed E-state index contributed by atoms with van der Waals surface area (Å²) in [4.78, 5) is 23.0. The summed E-state index contributed by atoms with van der Waals surface area (Å²) in [6.07, 6.45) is 0.900. The first-order chi connectivity index (χ1) is 9.13. The van der Waals surface area contributed by atoms with Crippen LogP contribution in [0.25, 0.3) is 0 Å². The number of urea groups is 1. The Balaban J connectivity index is 2.22. The van der Waals surface area contributed by atoms with Crippen LogP contribution in [0.5, 0.6) is 0 Å². The lowest BCUT2D eigenvalue weighted by molar-refractivity contribution is 0.0953. The van der Waals surface area contributed by atoms with Gasteiger partial charge in [-0.3, -0.25) is 4.79 Å². The molecule has 0 spiro atoms. The molecule has 0 aliphatic carbocycles. The SMILES string of the molecule is CCCNC(=O)NCCNC(=O)c1cccc(C)c1. The number of aryl methyl sites for hydroxylation is 1. The van der Waals surface area contributed by atoms with Gasteiger partial charge in [-0.2, -0.15) is 0 Å². The Labute approximate surface area is 113 Å². The molecule has 0 bridgehead atoms. The van der Waals surface area contributed by atoms with Crippen LogP contribution in [0.1, 0.15) is 29.3 Å². The molecule has 1 aromatic carbocycles. The van der Waals surface area contributed by atoms with Crippen LogP contribution in [-0.4, -0.2) is 31.6 Å². The largest absolute Gasteiger partial charge is 0.350 e. The first-order valence-corrected chi connectivity index (χ1v) is 6.50. The van der Waals surface area contributed by atoms with Crippen molar-refractivity contribution in [3.8, 4) is 0 Å². The van der Waals surface area contributed by atoms with Crippen molar-refractivity contribution in [1.29, 1.82) is 0 Å². The van der Waals surface area contributed by atoms with E-state index in [1.807, 2.05) is 32.0 Å². The van der Waals surface area contributed by atoms with Crippen LogP contribution in [0.4, 0.5) is 4.79 Å². The van der Waals surface area contributed by atoms with E-state index in [1.54, 1.807) is 6.07 Å². The predicted octanol–water partition coefficient (Wildman–Crippen LogP) is 1.43. The third-order valence-corrected chi connectivity index (χ3v) is 2.51. The summed E-state index contributed by atoms with van der Waals surface area (Å²) in [5.41, 5.74) is 1.68. The van der Waals surface area contributed by atoms with Gasteiger partial charge in [0.2, 0.25) is 0 Å². The van der Waals surface area contributed by atoms with E-state index in [9.17, 15) is 9.59 Å². The number of hydrogen-bond acceptors (Lipinski definition) is 2. The molecule has 0 atom stereocenters. The molecule has 104 valence electrons. The van der Waals surface area contributed by atoms with E-state index < -0.39 is 0 Å². The van der Waals surface area contributed by atoms with E-state index in [-0.39, 0.29) is 11.9 Å². The van der Waals surface area contributed by atoms with Crippen molar-refractivity contribution in [2.45, 2.75) is 20.3 Å². The molecular weight excluding hydrogens is 242 g/mol. The van der Waals surface area contributed by atoms with Crippen LogP contribution >= 0.6 is 0 Å². The molecule has 3 N–H and O–H groups in total. The zero-order valence-electron chi connectivity index (χ0n) is 11.5. The first kappa shape index (κ1) is 15.0. The van der Waals surface area contributed by atoms with Crippen LogP contribution < -0.4 is 16.0 Å². The third kappa shape index (κ3) is 5.90. The number of rotatable bonds is 6. The smallest absolute Gasteiger partial charge is 0.314 e. The molecule has 0 heterocycles. The fraction of sp³-hybridized carbons (Fsp3) is 0.429. The van der Waals surface area contributed by atoms with Crippen molar-refractivity contribution in [2.75, 3.05) is 19.6 Å². The molecule has 1 rings (SSSR count). The summed E-state index contributed by atoms with van der Waals surface area (Å²) < 4.78 is 0. The highest BCUT2D eigenvalue weighted by Crippen LogP contribution is 2.03. The van der Waals surface area contributed by atoms with E-state index in [4.69, 9.17) is 0 Å². The van der Waals surface area contributed by atoms with Gasteiger partial charge in [0, 0.05) is 25.2 Å². The molecule has 0 aliphatic rings. The fourth-order valence-corrected chi connectivity index (χ4v) is 1.54. The maximum Gasteiger partial charge on any atom is 0.314 e. The van der Waals surface area contributed by atoms with Gasteiger partial charge >= 0.3 is 6.03 Å².